The molecule has 1 aromatic carbocycles. The van der Waals surface area contributed by atoms with E-state index < -0.39 is 0 Å². The number of hydrogen-bond donors (Lipinski definition) is 1. The molecule has 0 amide bonds. The molecule has 0 spiro atoms. The van der Waals surface area contributed by atoms with Gasteiger partial charge in [0.1, 0.15) is 21.5 Å². The molecule has 0 saturated carbocycles. The van der Waals surface area contributed by atoms with E-state index in [1.165, 1.54) is 11.3 Å². The smallest absolute Gasteiger partial charge is 0.149 e. The number of Topliss-reactive ketones (excluding diaryl/α,β-unsaturated/α-hetero) is 1. The first-order valence-electron chi connectivity index (χ1n) is 5.32. The summed E-state index contributed by atoms with van der Waals surface area (Å²) in [5.41, 5.74) is 0.970. The van der Waals surface area contributed by atoms with E-state index in [4.69, 9.17) is 4.74 Å². The molecule has 0 bridgehead atoms. The fourth-order valence-corrected chi connectivity index (χ4v) is 2.39. The predicted octanol–water partition coefficient (Wildman–Crippen LogP) is 2.26. The average molecular weight is 280 g/mol. The Balaban J connectivity index is 2.15. The van der Waals surface area contributed by atoms with Gasteiger partial charge in [-0.3, -0.25) is 4.79 Å². The van der Waals surface area contributed by atoms with Crippen LogP contribution in [0.5, 0.6) is 5.75 Å². The van der Waals surface area contributed by atoms with E-state index in [-0.39, 0.29) is 11.5 Å². The minimum Gasteiger partial charge on any atom is -0.497 e. The van der Waals surface area contributed by atoms with Crippen LogP contribution < -0.4 is 4.74 Å². The van der Waals surface area contributed by atoms with Gasteiger partial charge in [0.2, 0.25) is 0 Å². The minimum atomic E-state index is 0.0516. The molecule has 94 valence electrons. The van der Waals surface area contributed by atoms with Gasteiger partial charge in [-0.1, -0.05) is 11.3 Å². The molecule has 0 saturated heterocycles. The summed E-state index contributed by atoms with van der Waals surface area (Å²) in [7, 11) is 1.63. The molecule has 1 heterocycles. The zero-order valence-corrected chi connectivity index (χ0v) is 11.5. The van der Waals surface area contributed by atoms with Crippen molar-refractivity contribution in [3.63, 3.8) is 0 Å². The lowest BCUT2D eigenvalue weighted by atomic mass is 10.2. The Labute approximate surface area is 114 Å². The summed E-state index contributed by atoms with van der Waals surface area (Å²) in [5, 5.41) is 9.61. The van der Waals surface area contributed by atoms with Crippen molar-refractivity contribution in [1.29, 1.82) is 0 Å². The number of carbonyl (C=O) groups excluding carboxylic acids is 1. The number of rotatable bonds is 5. The second-order valence-electron chi connectivity index (χ2n) is 3.60. The molecule has 0 aliphatic heterocycles. The van der Waals surface area contributed by atoms with E-state index in [9.17, 15) is 4.79 Å². The molecule has 1 aromatic heterocycles. The van der Waals surface area contributed by atoms with Crippen LogP contribution in [0.3, 0.4) is 0 Å². The highest BCUT2D eigenvalue weighted by Crippen LogP contribution is 2.25. The lowest BCUT2D eigenvalue weighted by molar-refractivity contribution is -0.115. The second kappa shape index (κ2) is 5.97. The Bertz CT molecular complexity index is 537. The molecule has 2 aromatic rings. The van der Waals surface area contributed by atoms with Gasteiger partial charge in [0, 0.05) is 11.3 Å². The van der Waals surface area contributed by atoms with Crippen LogP contribution in [0.1, 0.15) is 5.01 Å². The van der Waals surface area contributed by atoms with Gasteiger partial charge in [0.05, 0.1) is 13.5 Å². The normalized spacial score (nSPS) is 10.3. The molecule has 18 heavy (non-hydrogen) atoms. The number of methoxy groups -OCH3 is 1. The molecule has 0 N–H and O–H groups in total. The fourth-order valence-electron chi connectivity index (χ4n) is 1.40. The number of ketones is 1. The van der Waals surface area contributed by atoms with Crippen LogP contribution in [-0.2, 0) is 11.2 Å². The third-order valence-corrected chi connectivity index (χ3v) is 3.65. The van der Waals surface area contributed by atoms with Crippen LogP contribution in [0.15, 0.2) is 24.3 Å². The van der Waals surface area contributed by atoms with Crippen LogP contribution in [0.25, 0.3) is 10.6 Å². The average Bonchev–Trinajstić information content (AvgIpc) is 2.87. The molecule has 0 radical (unpaired) electrons. The van der Waals surface area contributed by atoms with Crippen molar-refractivity contribution in [2.24, 2.45) is 0 Å². The fraction of sp³-hybridized carbons (Fsp3) is 0.250. The molecule has 0 atom stereocenters. The lowest BCUT2D eigenvalue weighted by Gasteiger charge is -1.99. The number of nitrogens with zero attached hydrogens (tertiary/aromatic N) is 2. The zero-order chi connectivity index (χ0) is 13.0. The van der Waals surface area contributed by atoms with Crippen molar-refractivity contribution in [2.45, 2.75) is 6.42 Å². The van der Waals surface area contributed by atoms with Gasteiger partial charge in [-0.25, -0.2) is 0 Å². The summed E-state index contributed by atoms with van der Waals surface area (Å²) in [6, 6.07) is 7.58. The van der Waals surface area contributed by atoms with E-state index in [0.717, 1.165) is 21.3 Å². The Morgan fingerprint density at radius 2 is 2.06 bits per heavy atom. The van der Waals surface area contributed by atoms with Gasteiger partial charge in [-0.05, 0) is 24.3 Å². The van der Waals surface area contributed by atoms with Crippen molar-refractivity contribution < 1.29 is 9.53 Å². The number of thiol groups is 1. The number of ether oxygens (including phenoxy) is 1. The van der Waals surface area contributed by atoms with Crippen LogP contribution in [0, 0.1) is 0 Å². The maximum Gasteiger partial charge on any atom is 0.149 e. The highest BCUT2D eigenvalue weighted by Gasteiger charge is 2.09. The number of aromatic nitrogens is 2. The van der Waals surface area contributed by atoms with Crippen molar-refractivity contribution in [1.82, 2.24) is 10.2 Å². The first kappa shape index (κ1) is 13.0. The van der Waals surface area contributed by atoms with Crippen molar-refractivity contribution in [3.05, 3.63) is 29.3 Å². The van der Waals surface area contributed by atoms with E-state index in [0.29, 0.717) is 6.42 Å². The third kappa shape index (κ3) is 3.08. The van der Waals surface area contributed by atoms with E-state index >= 15 is 0 Å². The predicted molar refractivity (Wildman–Crippen MR) is 74.5 cm³/mol. The van der Waals surface area contributed by atoms with Gasteiger partial charge in [-0.2, -0.15) is 12.6 Å². The van der Waals surface area contributed by atoms with Gasteiger partial charge in [-0.15, -0.1) is 10.2 Å². The van der Waals surface area contributed by atoms with Gasteiger partial charge >= 0.3 is 0 Å². The van der Waals surface area contributed by atoms with E-state index in [2.05, 4.69) is 22.8 Å². The lowest BCUT2D eigenvalue weighted by Crippen LogP contribution is -2.03. The Kier molecular flexibility index (Phi) is 4.33. The van der Waals surface area contributed by atoms with Crippen LogP contribution in [-0.4, -0.2) is 28.8 Å². The zero-order valence-electron chi connectivity index (χ0n) is 9.79. The van der Waals surface area contributed by atoms with Crippen molar-refractivity contribution >= 4 is 29.7 Å². The topological polar surface area (TPSA) is 52.1 Å². The molecular formula is C12H12N2O2S2. The van der Waals surface area contributed by atoms with Crippen LogP contribution in [0.4, 0.5) is 0 Å². The quantitative estimate of drug-likeness (QED) is 0.854. The van der Waals surface area contributed by atoms with Gasteiger partial charge < -0.3 is 4.74 Å². The van der Waals surface area contributed by atoms with Crippen LogP contribution >= 0.6 is 24.0 Å². The summed E-state index contributed by atoms with van der Waals surface area (Å²) in [5.74, 6) is 1.08. The molecule has 0 aliphatic rings. The van der Waals surface area contributed by atoms with E-state index in [1.54, 1.807) is 7.11 Å². The first-order valence-corrected chi connectivity index (χ1v) is 6.77. The highest BCUT2D eigenvalue weighted by atomic mass is 32.1. The Morgan fingerprint density at radius 1 is 1.33 bits per heavy atom. The summed E-state index contributed by atoms with van der Waals surface area (Å²) in [6.07, 6.45) is 0.303. The van der Waals surface area contributed by atoms with Crippen LogP contribution in [0.2, 0.25) is 0 Å². The molecule has 0 fully saturated rings. The SMILES string of the molecule is COc1ccc(-c2nnc(CC(=O)CS)s2)cc1. The largest absolute Gasteiger partial charge is 0.497 e. The first-order chi connectivity index (χ1) is 8.72. The van der Waals surface area contributed by atoms with Crippen molar-refractivity contribution in [2.75, 3.05) is 12.9 Å². The standard InChI is InChI=1S/C12H12N2O2S2/c1-16-10-4-2-8(3-5-10)12-14-13-11(18-12)6-9(15)7-17/h2-5,17H,6-7H2,1H3. The molecule has 6 heteroatoms. The second-order valence-corrected chi connectivity index (χ2v) is 4.98. The Morgan fingerprint density at radius 3 is 2.67 bits per heavy atom. The number of benzene rings is 1. The maximum absolute atomic E-state index is 11.3. The minimum absolute atomic E-state index is 0.0516. The van der Waals surface area contributed by atoms with Gasteiger partial charge in [0.15, 0.2) is 0 Å². The van der Waals surface area contributed by atoms with Crippen molar-refractivity contribution in [3.8, 4) is 16.3 Å². The highest BCUT2D eigenvalue weighted by molar-refractivity contribution is 7.81. The molecule has 2 rings (SSSR count). The number of carbonyl (C=O) groups is 1. The summed E-state index contributed by atoms with van der Waals surface area (Å²) >= 11 is 5.36. The Hall–Kier alpha value is -1.40. The van der Waals surface area contributed by atoms with E-state index in [1.807, 2.05) is 24.3 Å². The molecule has 4 nitrogen and oxygen atoms in total. The molecule has 0 unspecified atom stereocenters. The van der Waals surface area contributed by atoms with Gasteiger partial charge in [0.25, 0.3) is 0 Å². The monoisotopic (exact) mass is 280 g/mol. The third-order valence-electron chi connectivity index (χ3n) is 2.33. The molecular weight excluding hydrogens is 268 g/mol. The molecule has 0 aliphatic carbocycles. The number of hydrogen-bond acceptors (Lipinski definition) is 6. The maximum atomic E-state index is 11.3. The summed E-state index contributed by atoms with van der Waals surface area (Å²) in [4.78, 5) is 11.3. The summed E-state index contributed by atoms with van der Waals surface area (Å²) in [6.45, 7) is 0. The summed E-state index contributed by atoms with van der Waals surface area (Å²) < 4.78 is 5.09.